The molecule has 1 aliphatic rings. The largest absolute Gasteiger partial charge is 0.468 e. The number of methoxy groups -OCH3 is 1. The van der Waals surface area contributed by atoms with Gasteiger partial charge in [-0.25, -0.2) is 0 Å². The standard InChI is InChI=1S/C8H15NO3/c1-12-8(11)7-4-2-3-6(5-10)9-7/h6-7,9-10H,2-5H2,1H3/t6-,7+/m1/s1. The van der Waals surface area contributed by atoms with E-state index >= 15 is 0 Å². The lowest BCUT2D eigenvalue weighted by Gasteiger charge is -2.27. The summed E-state index contributed by atoms with van der Waals surface area (Å²) in [6.07, 6.45) is 2.71. The van der Waals surface area contributed by atoms with E-state index in [2.05, 4.69) is 10.1 Å². The first-order valence-electron chi connectivity index (χ1n) is 4.22. The van der Waals surface area contributed by atoms with Gasteiger partial charge in [-0.3, -0.25) is 10.1 Å². The summed E-state index contributed by atoms with van der Waals surface area (Å²) in [6.45, 7) is 0.0908. The van der Waals surface area contributed by atoms with Crippen molar-refractivity contribution >= 4 is 5.97 Å². The lowest BCUT2D eigenvalue weighted by atomic mass is 9.99. The highest BCUT2D eigenvalue weighted by molar-refractivity contribution is 5.75. The number of rotatable bonds is 2. The maximum absolute atomic E-state index is 11.1. The summed E-state index contributed by atoms with van der Waals surface area (Å²) >= 11 is 0. The molecule has 1 rings (SSSR count). The van der Waals surface area contributed by atoms with Crippen LogP contribution in [0.4, 0.5) is 0 Å². The minimum Gasteiger partial charge on any atom is -0.468 e. The Balaban J connectivity index is 2.40. The third-order valence-electron chi connectivity index (χ3n) is 2.19. The van der Waals surface area contributed by atoms with Crippen LogP contribution < -0.4 is 5.32 Å². The number of nitrogens with one attached hydrogen (secondary N) is 1. The number of esters is 1. The van der Waals surface area contributed by atoms with Gasteiger partial charge in [0.2, 0.25) is 0 Å². The van der Waals surface area contributed by atoms with E-state index in [0.717, 1.165) is 19.3 Å². The molecule has 0 spiro atoms. The smallest absolute Gasteiger partial charge is 0.322 e. The van der Waals surface area contributed by atoms with Crippen molar-refractivity contribution in [3.63, 3.8) is 0 Å². The van der Waals surface area contributed by atoms with Crippen molar-refractivity contribution in [1.29, 1.82) is 0 Å². The van der Waals surface area contributed by atoms with Crippen LogP contribution in [-0.4, -0.2) is 36.9 Å². The third kappa shape index (κ3) is 2.19. The molecule has 0 unspecified atom stereocenters. The van der Waals surface area contributed by atoms with E-state index in [4.69, 9.17) is 5.11 Å². The number of aliphatic hydroxyl groups is 1. The van der Waals surface area contributed by atoms with E-state index in [1.807, 2.05) is 0 Å². The van der Waals surface area contributed by atoms with E-state index in [9.17, 15) is 4.79 Å². The Bertz CT molecular complexity index is 160. The first kappa shape index (κ1) is 9.48. The summed E-state index contributed by atoms with van der Waals surface area (Å²) in [6, 6.07) is -0.163. The fraction of sp³-hybridized carbons (Fsp3) is 0.875. The predicted octanol–water partition coefficient (Wildman–Crippen LogP) is -0.338. The second kappa shape index (κ2) is 4.42. The van der Waals surface area contributed by atoms with Gasteiger partial charge in [-0.1, -0.05) is 0 Å². The van der Waals surface area contributed by atoms with Crippen LogP contribution in [0.3, 0.4) is 0 Å². The molecule has 1 heterocycles. The maximum Gasteiger partial charge on any atom is 0.322 e. The van der Waals surface area contributed by atoms with Crippen LogP contribution >= 0.6 is 0 Å². The number of ether oxygens (including phenoxy) is 1. The van der Waals surface area contributed by atoms with Crippen molar-refractivity contribution in [2.45, 2.75) is 31.3 Å². The van der Waals surface area contributed by atoms with Crippen LogP contribution in [0.1, 0.15) is 19.3 Å². The highest BCUT2D eigenvalue weighted by Crippen LogP contribution is 2.12. The molecular formula is C8H15NO3. The van der Waals surface area contributed by atoms with Crippen molar-refractivity contribution in [2.75, 3.05) is 13.7 Å². The lowest BCUT2D eigenvalue weighted by Crippen LogP contribution is -2.48. The number of hydrogen-bond donors (Lipinski definition) is 2. The van der Waals surface area contributed by atoms with Gasteiger partial charge >= 0.3 is 5.97 Å². The Morgan fingerprint density at radius 3 is 3.00 bits per heavy atom. The van der Waals surface area contributed by atoms with Crippen LogP contribution in [-0.2, 0) is 9.53 Å². The van der Waals surface area contributed by atoms with Crippen molar-refractivity contribution < 1.29 is 14.6 Å². The van der Waals surface area contributed by atoms with Crippen LogP contribution in [0, 0.1) is 0 Å². The van der Waals surface area contributed by atoms with Crippen molar-refractivity contribution in [1.82, 2.24) is 5.32 Å². The minimum absolute atomic E-state index is 0.0582. The van der Waals surface area contributed by atoms with Crippen LogP contribution in [0.2, 0.25) is 0 Å². The second-order valence-electron chi connectivity index (χ2n) is 3.05. The van der Waals surface area contributed by atoms with Crippen LogP contribution in [0.25, 0.3) is 0 Å². The Hall–Kier alpha value is -0.610. The fourth-order valence-electron chi connectivity index (χ4n) is 1.49. The van der Waals surface area contributed by atoms with E-state index < -0.39 is 0 Å². The molecule has 0 saturated carbocycles. The summed E-state index contributed by atoms with van der Waals surface area (Å²) in [4.78, 5) is 11.1. The number of aliphatic hydroxyl groups excluding tert-OH is 1. The highest BCUT2D eigenvalue weighted by Gasteiger charge is 2.26. The Morgan fingerprint density at radius 2 is 2.42 bits per heavy atom. The summed E-state index contributed by atoms with van der Waals surface area (Å²) in [5.74, 6) is -0.229. The molecule has 70 valence electrons. The van der Waals surface area contributed by atoms with E-state index in [0.29, 0.717) is 0 Å². The molecule has 1 saturated heterocycles. The second-order valence-corrected chi connectivity index (χ2v) is 3.05. The quantitative estimate of drug-likeness (QED) is 0.561. The number of piperidine rings is 1. The average molecular weight is 173 g/mol. The molecule has 0 aromatic carbocycles. The molecule has 12 heavy (non-hydrogen) atoms. The normalized spacial score (nSPS) is 29.8. The summed E-state index contributed by atoms with van der Waals surface area (Å²) in [5.41, 5.74) is 0. The number of carbonyl (C=O) groups excluding carboxylic acids is 1. The minimum atomic E-state index is -0.229. The van der Waals surface area contributed by atoms with E-state index in [1.54, 1.807) is 0 Å². The van der Waals surface area contributed by atoms with Gasteiger partial charge in [0.1, 0.15) is 6.04 Å². The summed E-state index contributed by atoms with van der Waals surface area (Å²) in [5, 5.41) is 11.9. The van der Waals surface area contributed by atoms with Crippen molar-refractivity contribution in [3.8, 4) is 0 Å². The Morgan fingerprint density at radius 1 is 1.67 bits per heavy atom. The fourth-order valence-corrected chi connectivity index (χ4v) is 1.49. The van der Waals surface area contributed by atoms with Gasteiger partial charge in [-0.15, -0.1) is 0 Å². The molecule has 0 radical (unpaired) electrons. The highest BCUT2D eigenvalue weighted by atomic mass is 16.5. The SMILES string of the molecule is COC(=O)[C@@H]1CCC[C@H](CO)N1. The molecule has 4 nitrogen and oxygen atoms in total. The Labute approximate surface area is 71.9 Å². The van der Waals surface area contributed by atoms with Gasteiger partial charge in [0.15, 0.2) is 0 Å². The van der Waals surface area contributed by atoms with Crippen LogP contribution in [0.5, 0.6) is 0 Å². The topological polar surface area (TPSA) is 58.6 Å². The molecule has 0 bridgehead atoms. The molecule has 2 N–H and O–H groups in total. The van der Waals surface area contributed by atoms with Gasteiger partial charge in [-0.2, -0.15) is 0 Å². The zero-order valence-electron chi connectivity index (χ0n) is 7.25. The van der Waals surface area contributed by atoms with Crippen molar-refractivity contribution in [2.24, 2.45) is 0 Å². The van der Waals surface area contributed by atoms with Gasteiger partial charge in [0.05, 0.1) is 13.7 Å². The van der Waals surface area contributed by atoms with Gasteiger partial charge in [0, 0.05) is 6.04 Å². The van der Waals surface area contributed by atoms with E-state index in [1.165, 1.54) is 7.11 Å². The van der Waals surface area contributed by atoms with Crippen LogP contribution in [0.15, 0.2) is 0 Å². The first-order chi connectivity index (χ1) is 5.77. The molecule has 1 aliphatic heterocycles. The summed E-state index contributed by atoms with van der Waals surface area (Å²) in [7, 11) is 1.38. The lowest BCUT2D eigenvalue weighted by molar-refractivity contribution is -0.144. The molecule has 1 fully saturated rings. The zero-order valence-corrected chi connectivity index (χ0v) is 7.25. The zero-order chi connectivity index (χ0) is 8.97. The maximum atomic E-state index is 11.1. The molecule has 2 atom stereocenters. The van der Waals surface area contributed by atoms with Gasteiger partial charge < -0.3 is 9.84 Å². The predicted molar refractivity (Wildman–Crippen MR) is 43.7 cm³/mol. The molecule has 0 amide bonds. The molecule has 0 aromatic rings. The Kier molecular flexibility index (Phi) is 3.49. The average Bonchev–Trinajstić information content (AvgIpc) is 2.17. The van der Waals surface area contributed by atoms with Gasteiger partial charge in [-0.05, 0) is 19.3 Å². The molecular weight excluding hydrogens is 158 g/mol. The van der Waals surface area contributed by atoms with Gasteiger partial charge in [0.25, 0.3) is 0 Å². The van der Waals surface area contributed by atoms with E-state index in [-0.39, 0.29) is 24.7 Å². The van der Waals surface area contributed by atoms with Crippen molar-refractivity contribution in [3.05, 3.63) is 0 Å². The molecule has 4 heteroatoms. The molecule has 0 aromatic heterocycles. The number of hydrogen-bond acceptors (Lipinski definition) is 4. The first-order valence-corrected chi connectivity index (χ1v) is 4.22. The number of carbonyl (C=O) groups is 1. The molecule has 0 aliphatic carbocycles. The summed E-state index contributed by atoms with van der Waals surface area (Å²) < 4.78 is 4.60. The monoisotopic (exact) mass is 173 g/mol. The third-order valence-corrected chi connectivity index (χ3v) is 2.19.